The SMILES string of the molecule is Cc1ccc(N2CCC3(CN(C(=O)C4CC(O)C4)CCC3(F)F)C2)nn1. The average Bonchev–Trinajstić information content (AvgIpc) is 3.00. The van der Waals surface area contributed by atoms with Crippen LogP contribution < -0.4 is 4.90 Å². The fraction of sp³-hybridized carbons (Fsp3) is 0.722. The third-order valence-electron chi connectivity index (χ3n) is 6.20. The molecule has 1 aliphatic carbocycles. The zero-order valence-electron chi connectivity index (χ0n) is 14.9. The number of amides is 1. The number of aliphatic hydroxyl groups is 1. The van der Waals surface area contributed by atoms with Gasteiger partial charge in [-0.1, -0.05) is 0 Å². The normalized spacial score (nSPS) is 33.4. The van der Waals surface area contributed by atoms with Crippen molar-refractivity contribution in [3.05, 3.63) is 17.8 Å². The smallest absolute Gasteiger partial charge is 0.258 e. The molecule has 1 spiro atoms. The van der Waals surface area contributed by atoms with Crippen LogP contribution in [0.3, 0.4) is 0 Å². The number of anilines is 1. The molecule has 0 bridgehead atoms. The first-order valence-corrected chi connectivity index (χ1v) is 9.20. The Morgan fingerprint density at radius 2 is 1.96 bits per heavy atom. The highest BCUT2D eigenvalue weighted by atomic mass is 19.3. The Bertz CT molecular complexity index is 693. The van der Waals surface area contributed by atoms with Crippen molar-refractivity contribution in [3.63, 3.8) is 0 Å². The van der Waals surface area contributed by atoms with E-state index in [9.17, 15) is 18.7 Å². The van der Waals surface area contributed by atoms with E-state index in [1.807, 2.05) is 17.9 Å². The summed E-state index contributed by atoms with van der Waals surface area (Å²) < 4.78 is 29.7. The Kier molecular flexibility index (Phi) is 4.13. The number of aromatic nitrogens is 2. The molecule has 2 aliphatic heterocycles. The predicted molar refractivity (Wildman–Crippen MR) is 90.9 cm³/mol. The van der Waals surface area contributed by atoms with Crippen molar-refractivity contribution in [1.82, 2.24) is 15.1 Å². The maximum Gasteiger partial charge on any atom is 0.258 e. The van der Waals surface area contributed by atoms with Crippen LogP contribution in [0.25, 0.3) is 0 Å². The molecule has 8 heteroatoms. The molecule has 1 aromatic rings. The van der Waals surface area contributed by atoms with Gasteiger partial charge in [-0.25, -0.2) is 8.78 Å². The second kappa shape index (κ2) is 6.11. The van der Waals surface area contributed by atoms with Crippen LogP contribution in [-0.4, -0.2) is 64.3 Å². The monoisotopic (exact) mass is 366 g/mol. The zero-order valence-corrected chi connectivity index (χ0v) is 14.9. The number of piperidine rings is 1. The van der Waals surface area contributed by atoms with Gasteiger partial charge in [0, 0.05) is 38.5 Å². The number of aryl methyl sites for hydroxylation is 1. The first kappa shape index (κ1) is 17.6. The maximum atomic E-state index is 14.9. The molecule has 6 nitrogen and oxygen atoms in total. The van der Waals surface area contributed by atoms with Crippen molar-refractivity contribution in [2.75, 3.05) is 31.1 Å². The summed E-state index contributed by atoms with van der Waals surface area (Å²) in [6, 6.07) is 3.63. The molecule has 3 heterocycles. The summed E-state index contributed by atoms with van der Waals surface area (Å²) in [6.07, 6.45) is 0.494. The third kappa shape index (κ3) is 2.84. The molecule has 1 atom stereocenters. The van der Waals surface area contributed by atoms with Gasteiger partial charge in [-0.05, 0) is 38.3 Å². The Morgan fingerprint density at radius 1 is 1.19 bits per heavy atom. The van der Waals surface area contributed by atoms with Crippen molar-refractivity contribution in [1.29, 1.82) is 0 Å². The summed E-state index contributed by atoms with van der Waals surface area (Å²) >= 11 is 0. The lowest BCUT2D eigenvalue weighted by Crippen LogP contribution is -2.59. The number of halogens is 2. The number of aliphatic hydroxyl groups excluding tert-OH is 1. The lowest BCUT2D eigenvalue weighted by atomic mass is 9.74. The van der Waals surface area contributed by atoms with Crippen LogP contribution in [0.15, 0.2) is 12.1 Å². The van der Waals surface area contributed by atoms with E-state index in [0.29, 0.717) is 31.6 Å². The van der Waals surface area contributed by atoms with E-state index in [2.05, 4.69) is 10.2 Å². The molecule has 4 rings (SSSR count). The maximum absolute atomic E-state index is 14.9. The van der Waals surface area contributed by atoms with Crippen LogP contribution in [0.1, 0.15) is 31.4 Å². The van der Waals surface area contributed by atoms with Crippen LogP contribution in [0.2, 0.25) is 0 Å². The van der Waals surface area contributed by atoms with Gasteiger partial charge >= 0.3 is 0 Å². The Balaban J connectivity index is 1.51. The first-order chi connectivity index (χ1) is 12.3. The van der Waals surface area contributed by atoms with Crippen molar-refractivity contribution >= 4 is 11.7 Å². The minimum atomic E-state index is -2.81. The second-order valence-electron chi connectivity index (χ2n) is 8.02. The van der Waals surface area contributed by atoms with E-state index in [-0.39, 0.29) is 37.9 Å². The number of likely N-dealkylation sites (tertiary alicyclic amines) is 1. The number of carbonyl (C=O) groups is 1. The van der Waals surface area contributed by atoms with Gasteiger partial charge < -0.3 is 14.9 Å². The lowest BCUT2D eigenvalue weighted by Gasteiger charge is -2.47. The van der Waals surface area contributed by atoms with Gasteiger partial charge in [-0.3, -0.25) is 4.79 Å². The van der Waals surface area contributed by atoms with E-state index in [0.717, 1.165) is 5.69 Å². The number of rotatable bonds is 2. The third-order valence-corrected chi connectivity index (χ3v) is 6.20. The summed E-state index contributed by atoms with van der Waals surface area (Å²) in [5.41, 5.74) is -0.458. The van der Waals surface area contributed by atoms with Gasteiger partial charge in [0.2, 0.25) is 5.91 Å². The Morgan fingerprint density at radius 3 is 2.62 bits per heavy atom. The summed E-state index contributed by atoms with van der Waals surface area (Å²) in [5, 5.41) is 17.6. The van der Waals surface area contributed by atoms with Crippen LogP contribution in [0, 0.1) is 18.3 Å². The van der Waals surface area contributed by atoms with Gasteiger partial charge in [-0.15, -0.1) is 5.10 Å². The number of carbonyl (C=O) groups excluding carboxylic acids is 1. The van der Waals surface area contributed by atoms with E-state index in [1.54, 1.807) is 11.0 Å². The molecule has 1 aromatic heterocycles. The van der Waals surface area contributed by atoms with Gasteiger partial charge in [0.1, 0.15) is 0 Å². The van der Waals surface area contributed by atoms with Crippen LogP contribution in [0.4, 0.5) is 14.6 Å². The summed E-state index contributed by atoms with van der Waals surface area (Å²) in [4.78, 5) is 16.0. The van der Waals surface area contributed by atoms with E-state index >= 15 is 0 Å². The second-order valence-corrected chi connectivity index (χ2v) is 8.02. The summed E-state index contributed by atoms with van der Waals surface area (Å²) in [6.45, 7) is 2.65. The van der Waals surface area contributed by atoms with Crippen molar-refractivity contribution in [2.45, 2.75) is 44.6 Å². The lowest BCUT2D eigenvalue weighted by molar-refractivity contribution is -0.174. The minimum Gasteiger partial charge on any atom is -0.393 e. The molecule has 142 valence electrons. The minimum absolute atomic E-state index is 0.0707. The number of hydrogen-bond acceptors (Lipinski definition) is 5. The Labute approximate surface area is 151 Å². The molecule has 26 heavy (non-hydrogen) atoms. The number of hydrogen-bond donors (Lipinski definition) is 1. The molecule has 1 saturated carbocycles. The largest absolute Gasteiger partial charge is 0.393 e. The number of nitrogens with zero attached hydrogens (tertiary/aromatic N) is 4. The highest BCUT2D eigenvalue weighted by molar-refractivity contribution is 5.80. The molecule has 0 radical (unpaired) electrons. The number of alkyl halides is 2. The van der Waals surface area contributed by atoms with Gasteiger partial charge in [0.05, 0.1) is 17.2 Å². The molecular weight excluding hydrogens is 342 g/mol. The molecule has 3 fully saturated rings. The van der Waals surface area contributed by atoms with Crippen LogP contribution in [0.5, 0.6) is 0 Å². The quantitative estimate of drug-likeness (QED) is 0.861. The highest BCUT2D eigenvalue weighted by Crippen LogP contribution is 2.50. The molecule has 1 amide bonds. The fourth-order valence-corrected chi connectivity index (χ4v) is 4.39. The zero-order chi connectivity index (χ0) is 18.5. The Hall–Kier alpha value is -1.83. The highest BCUT2D eigenvalue weighted by Gasteiger charge is 2.60. The van der Waals surface area contributed by atoms with E-state index in [1.165, 1.54) is 0 Å². The van der Waals surface area contributed by atoms with Crippen LogP contribution in [-0.2, 0) is 4.79 Å². The summed E-state index contributed by atoms with van der Waals surface area (Å²) in [5.74, 6) is -2.50. The molecular formula is C18H24F2N4O2. The first-order valence-electron chi connectivity index (χ1n) is 9.20. The van der Waals surface area contributed by atoms with Crippen molar-refractivity contribution in [3.8, 4) is 0 Å². The molecule has 3 aliphatic rings. The predicted octanol–water partition coefficient (Wildman–Crippen LogP) is 1.62. The fourth-order valence-electron chi connectivity index (χ4n) is 4.39. The average molecular weight is 366 g/mol. The molecule has 1 unspecified atom stereocenters. The van der Waals surface area contributed by atoms with Crippen LogP contribution >= 0.6 is 0 Å². The van der Waals surface area contributed by atoms with E-state index < -0.39 is 17.4 Å². The van der Waals surface area contributed by atoms with E-state index in [4.69, 9.17) is 0 Å². The van der Waals surface area contributed by atoms with Crippen molar-refractivity contribution < 1.29 is 18.7 Å². The molecule has 0 aromatic carbocycles. The van der Waals surface area contributed by atoms with Crippen molar-refractivity contribution in [2.24, 2.45) is 11.3 Å². The molecule has 2 saturated heterocycles. The summed E-state index contributed by atoms with van der Waals surface area (Å²) in [7, 11) is 0. The molecule has 1 N–H and O–H groups in total. The standard InChI is InChI=1S/C18H24F2N4O2/c1-12-2-3-15(22-21-12)23-6-4-17(10-23)11-24(7-5-18(17,19)20)16(26)13-8-14(25)9-13/h2-3,13-14,25H,4-11H2,1H3. The van der Waals surface area contributed by atoms with Gasteiger partial charge in [0.25, 0.3) is 5.92 Å². The van der Waals surface area contributed by atoms with Gasteiger partial charge in [-0.2, -0.15) is 5.10 Å². The topological polar surface area (TPSA) is 69.6 Å². The van der Waals surface area contributed by atoms with Gasteiger partial charge in [0.15, 0.2) is 5.82 Å².